The van der Waals surface area contributed by atoms with Crippen LogP contribution in [0.1, 0.15) is 24.1 Å². The van der Waals surface area contributed by atoms with Crippen molar-refractivity contribution in [3.63, 3.8) is 0 Å². The molecule has 1 fully saturated rings. The maximum absolute atomic E-state index is 11.6. The third-order valence-corrected chi connectivity index (χ3v) is 5.39. The number of hydrogen-bond donors (Lipinski definition) is 0. The van der Waals surface area contributed by atoms with Gasteiger partial charge in [0.2, 0.25) is 17.5 Å². The number of aryl methyl sites for hydroxylation is 3. The Morgan fingerprint density at radius 1 is 1.17 bits per heavy atom. The van der Waals surface area contributed by atoms with Gasteiger partial charge in [-0.15, -0.1) is 0 Å². The first-order valence-electron chi connectivity index (χ1n) is 10.0. The second-order valence-electron chi connectivity index (χ2n) is 7.49. The number of nitro groups is 1. The van der Waals surface area contributed by atoms with Crippen LogP contribution < -0.4 is 4.90 Å². The van der Waals surface area contributed by atoms with Crippen LogP contribution in [0.15, 0.2) is 28.8 Å². The van der Waals surface area contributed by atoms with Crippen LogP contribution in [0.5, 0.6) is 0 Å². The Labute approximate surface area is 174 Å². The van der Waals surface area contributed by atoms with Crippen LogP contribution in [0.3, 0.4) is 0 Å². The van der Waals surface area contributed by atoms with E-state index in [1.807, 2.05) is 43.0 Å². The summed E-state index contributed by atoms with van der Waals surface area (Å²) in [6.45, 7) is 7.30. The highest BCUT2D eigenvalue weighted by Gasteiger charge is 2.31. The summed E-state index contributed by atoms with van der Waals surface area (Å²) in [6.07, 6.45) is 0.532. The molecule has 3 heterocycles. The van der Waals surface area contributed by atoms with Crippen LogP contribution in [-0.4, -0.2) is 55.9 Å². The van der Waals surface area contributed by atoms with E-state index in [0.29, 0.717) is 49.3 Å². The van der Waals surface area contributed by atoms with E-state index < -0.39 is 0 Å². The first-order chi connectivity index (χ1) is 14.5. The number of nitrogens with zero attached hydrogens (tertiary/aromatic N) is 7. The largest absolute Gasteiger partial charge is 0.349 e. The molecule has 0 radical (unpaired) electrons. The summed E-state index contributed by atoms with van der Waals surface area (Å²) >= 11 is 0. The van der Waals surface area contributed by atoms with Gasteiger partial charge < -0.3 is 9.42 Å². The second-order valence-corrected chi connectivity index (χ2v) is 7.49. The zero-order chi connectivity index (χ0) is 21.3. The lowest BCUT2D eigenvalue weighted by Crippen LogP contribution is -2.46. The first kappa shape index (κ1) is 20.0. The Morgan fingerprint density at radius 3 is 2.50 bits per heavy atom. The Balaban J connectivity index is 1.41. The molecule has 10 nitrogen and oxygen atoms in total. The fourth-order valence-electron chi connectivity index (χ4n) is 3.79. The molecule has 1 aliphatic heterocycles. The van der Waals surface area contributed by atoms with Gasteiger partial charge in [0.25, 0.3) is 0 Å². The number of anilines is 1. The lowest BCUT2D eigenvalue weighted by molar-refractivity contribution is -0.384. The number of hydrogen-bond acceptors (Lipinski definition) is 8. The van der Waals surface area contributed by atoms with Gasteiger partial charge in [-0.1, -0.05) is 41.9 Å². The molecule has 0 atom stereocenters. The molecule has 0 amide bonds. The van der Waals surface area contributed by atoms with E-state index in [1.54, 1.807) is 11.7 Å². The van der Waals surface area contributed by atoms with Crippen LogP contribution in [0.4, 0.5) is 11.5 Å². The molecule has 0 aliphatic carbocycles. The molecule has 0 bridgehead atoms. The third kappa shape index (κ3) is 3.90. The number of benzene rings is 1. The van der Waals surface area contributed by atoms with Crippen molar-refractivity contribution in [2.75, 3.05) is 31.1 Å². The molecule has 30 heavy (non-hydrogen) atoms. The highest BCUT2D eigenvalue weighted by atomic mass is 16.6. The molecule has 158 valence electrons. The van der Waals surface area contributed by atoms with E-state index in [0.717, 1.165) is 18.7 Å². The smallest absolute Gasteiger partial charge is 0.334 e. The molecule has 1 saturated heterocycles. The van der Waals surface area contributed by atoms with Gasteiger partial charge in [0.05, 0.1) is 11.5 Å². The normalized spacial score (nSPS) is 15.0. The summed E-state index contributed by atoms with van der Waals surface area (Å²) in [5.74, 6) is 1.73. The topological polar surface area (TPSA) is 106 Å². The van der Waals surface area contributed by atoms with Crippen molar-refractivity contribution < 1.29 is 9.45 Å². The minimum absolute atomic E-state index is 0.119. The molecule has 0 saturated carbocycles. The van der Waals surface area contributed by atoms with Crippen LogP contribution in [0.25, 0.3) is 11.4 Å². The average Bonchev–Trinajstić information content (AvgIpc) is 3.33. The molecule has 10 heteroatoms. The lowest BCUT2D eigenvalue weighted by atomic mass is 10.1. The third-order valence-electron chi connectivity index (χ3n) is 5.39. The van der Waals surface area contributed by atoms with E-state index in [9.17, 15) is 10.1 Å². The van der Waals surface area contributed by atoms with E-state index in [1.165, 1.54) is 5.56 Å². The number of piperazine rings is 1. The monoisotopic (exact) mass is 411 g/mol. The van der Waals surface area contributed by atoms with Crippen molar-refractivity contribution in [3.05, 3.63) is 51.5 Å². The maximum Gasteiger partial charge on any atom is 0.334 e. The summed E-state index contributed by atoms with van der Waals surface area (Å²) in [5.41, 5.74) is 2.75. The summed E-state index contributed by atoms with van der Waals surface area (Å²) in [4.78, 5) is 20.0. The summed E-state index contributed by atoms with van der Waals surface area (Å²) < 4.78 is 7.05. The minimum Gasteiger partial charge on any atom is -0.349 e. The van der Waals surface area contributed by atoms with Crippen molar-refractivity contribution in [2.45, 2.75) is 26.8 Å². The molecule has 4 rings (SSSR count). The highest BCUT2D eigenvalue weighted by Crippen LogP contribution is 2.32. The van der Waals surface area contributed by atoms with E-state index >= 15 is 0 Å². The summed E-state index contributed by atoms with van der Waals surface area (Å²) in [6, 6.07) is 8.00. The molecule has 2 aromatic heterocycles. The average molecular weight is 411 g/mol. The predicted molar refractivity (Wildman–Crippen MR) is 111 cm³/mol. The van der Waals surface area contributed by atoms with Crippen LogP contribution >= 0.6 is 0 Å². The van der Waals surface area contributed by atoms with Gasteiger partial charge in [-0.25, -0.2) is 4.68 Å². The maximum atomic E-state index is 11.6. The molecule has 3 aromatic rings. The first-order valence-corrected chi connectivity index (χ1v) is 10.0. The van der Waals surface area contributed by atoms with Gasteiger partial charge in [0.15, 0.2) is 0 Å². The highest BCUT2D eigenvalue weighted by molar-refractivity contribution is 5.62. The molecule has 1 aliphatic rings. The van der Waals surface area contributed by atoms with Crippen molar-refractivity contribution in [3.8, 4) is 11.4 Å². The Morgan fingerprint density at radius 2 is 1.87 bits per heavy atom. The second kappa shape index (κ2) is 8.23. The Kier molecular flexibility index (Phi) is 5.49. The van der Waals surface area contributed by atoms with Gasteiger partial charge in [-0.05, 0) is 13.3 Å². The van der Waals surface area contributed by atoms with Crippen LogP contribution in [0.2, 0.25) is 0 Å². The van der Waals surface area contributed by atoms with Crippen LogP contribution in [-0.2, 0) is 20.0 Å². The van der Waals surface area contributed by atoms with Crippen molar-refractivity contribution in [1.29, 1.82) is 0 Å². The van der Waals surface area contributed by atoms with Crippen molar-refractivity contribution in [2.24, 2.45) is 7.05 Å². The Hall–Kier alpha value is -3.27. The summed E-state index contributed by atoms with van der Waals surface area (Å²) in [5, 5.41) is 20.0. The van der Waals surface area contributed by atoms with E-state index in [2.05, 4.69) is 20.1 Å². The van der Waals surface area contributed by atoms with Gasteiger partial charge in [-0.2, -0.15) is 10.1 Å². The molecular weight excluding hydrogens is 386 g/mol. The molecule has 0 spiro atoms. The van der Waals surface area contributed by atoms with Gasteiger partial charge in [-0.3, -0.25) is 15.0 Å². The van der Waals surface area contributed by atoms with Crippen molar-refractivity contribution in [1.82, 2.24) is 24.8 Å². The fourth-order valence-corrected chi connectivity index (χ4v) is 3.79. The Bertz CT molecular complexity index is 1030. The fraction of sp³-hybridized carbons (Fsp3) is 0.450. The SMILES string of the molecule is CCc1nn(C)c(N2CCN(Cc3nc(-c4ccc(C)cc4)no3)CC2)c1[N+](=O)[O-]. The van der Waals surface area contributed by atoms with E-state index in [4.69, 9.17) is 4.52 Å². The quantitative estimate of drug-likeness (QED) is 0.450. The van der Waals surface area contributed by atoms with Crippen LogP contribution in [0, 0.1) is 17.0 Å². The number of aromatic nitrogens is 4. The molecular formula is C20H25N7O3. The van der Waals surface area contributed by atoms with E-state index in [-0.39, 0.29) is 10.6 Å². The standard InChI is InChI=1S/C20H25N7O3/c1-4-16-18(27(28)29)20(24(3)22-16)26-11-9-25(10-12-26)13-17-21-19(23-30-17)15-7-5-14(2)6-8-15/h5-8H,4,9-13H2,1-3H3. The van der Waals surface area contributed by atoms with Gasteiger partial charge in [0.1, 0.15) is 5.69 Å². The summed E-state index contributed by atoms with van der Waals surface area (Å²) in [7, 11) is 1.76. The molecule has 0 N–H and O–H groups in total. The zero-order valence-corrected chi connectivity index (χ0v) is 17.4. The zero-order valence-electron chi connectivity index (χ0n) is 17.4. The predicted octanol–water partition coefficient (Wildman–Crippen LogP) is 2.57. The van der Waals surface area contributed by atoms with Gasteiger partial charge in [0, 0.05) is 38.8 Å². The van der Waals surface area contributed by atoms with Gasteiger partial charge >= 0.3 is 5.69 Å². The minimum atomic E-state index is -0.321. The lowest BCUT2D eigenvalue weighted by Gasteiger charge is -2.34. The van der Waals surface area contributed by atoms with Crippen molar-refractivity contribution >= 4 is 11.5 Å². The molecule has 1 aromatic carbocycles. The molecule has 0 unspecified atom stereocenters. The number of rotatable bonds is 6.